The van der Waals surface area contributed by atoms with Gasteiger partial charge < -0.3 is 54.7 Å². The van der Waals surface area contributed by atoms with Gasteiger partial charge >= 0.3 is 0 Å². The van der Waals surface area contributed by atoms with Gasteiger partial charge in [-0.2, -0.15) is 0 Å². The van der Waals surface area contributed by atoms with Crippen molar-refractivity contribution in [2.45, 2.75) is 101 Å². The molecule has 0 spiro atoms. The van der Waals surface area contributed by atoms with E-state index in [9.17, 15) is 40.5 Å². The lowest BCUT2D eigenvalue weighted by atomic mass is 9.65. The van der Waals surface area contributed by atoms with Gasteiger partial charge in [-0.05, 0) is 25.7 Å². The number of aliphatic hydroxyl groups excluding tert-OH is 6. The zero-order chi connectivity index (χ0) is 27.1. The van der Waals surface area contributed by atoms with E-state index in [2.05, 4.69) is 5.73 Å². The molecule has 0 aromatic rings. The van der Waals surface area contributed by atoms with Crippen molar-refractivity contribution in [2.24, 2.45) is 5.41 Å². The second kappa shape index (κ2) is 10.9. The van der Waals surface area contributed by atoms with E-state index in [1.807, 2.05) is 13.8 Å². The van der Waals surface area contributed by atoms with Crippen LogP contribution in [-0.2, 0) is 23.7 Å². The first kappa shape index (κ1) is 29.3. The van der Waals surface area contributed by atoms with Crippen molar-refractivity contribution >= 4 is 5.78 Å². The number of hydrogen-bond acceptors (Lipinski definition) is 12. The van der Waals surface area contributed by atoms with Crippen molar-refractivity contribution in [2.75, 3.05) is 19.8 Å². The number of aliphatic hydroxyl groups is 7. The predicted molar refractivity (Wildman–Crippen MR) is 121 cm³/mol. The number of carbonyl (C=O) groups is 1. The normalized spacial score (nSPS) is 44.8. The fourth-order valence-corrected chi connectivity index (χ4v) is 5.19. The first-order chi connectivity index (χ1) is 16.6. The van der Waals surface area contributed by atoms with Gasteiger partial charge in [-0.25, -0.2) is 0 Å². The molecular formula is C24H38O12. The van der Waals surface area contributed by atoms with E-state index in [1.165, 1.54) is 13.0 Å². The Morgan fingerprint density at radius 3 is 2.33 bits per heavy atom. The third kappa shape index (κ3) is 5.91. The Bertz CT molecular complexity index is 869. The molecule has 0 bridgehead atoms. The summed E-state index contributed by atoms with van der Waals surface area (Å²) in [7, 11) is 0. The zero-order valence-electron chi connectivity index (χ0n) is 20.9. The molecule has 3 aliphatic rings. The van der Waals surface area contributed by atoms with E-state index in [0.29, 0.717) is 12.0 Å². The molecule has 10 atom stereocenters. The van der Waals surface area contributed by atoms with Crippen molar-refractivity contribution in [3.05, 3.63) is 17.4 Å². The zero-order valence-corrected chi connectivity index (χ0v) is 20.9. The van der Waals surface area contributed by atoms with Crippen LogP contribution >= 0.6 is 0 Å². The lowest BCUT2D eigenvalue weighted by Gasteiger charge is -2.50. The van der Waals surface area contributed by atoms with Gasteiger partial charge in [0.05, 0.1) is 31.5 Å². The summed E-state index contributed by atoms with van der Waals surface area (Å²) < 4.78 is 22.5. The summed E-state index contributed by atoms with van der Waals surface area (Å²) in [4.78, 5) is 11.6. The van der Waals surface area contributed by atoms with Crippen LogP contribution in [0.2, 0.25) is 0 Å². The van der Waals surface area contributed by atoms with Crippen LogP contribution in [0.3, 0.4) is 0 Å². The summed E-state index contributed by atoms with van der Waals surface area (Å²) in [6.45, 7) is 5.19. The van der Waals surface area contributed by atoms with Gasteiger partial charge in [-0.3, -0.25) is 4.79 Å². The van der Waals surface area contributed by atoms with Crippen LogP contribution in [0.15, 0.2) is 17.4 Å². The van der Waals surface area contributed by atoms with Gasteiger partial charge in [0.2, 0.25) is 0 Å². The maximum Gasteiger partial charge on any atom is 0.187 e. The van der Waals surface area contributed by atoms with Crippen LogP contribution < -0.4 is 0 Å². The molecule has 12 nitrogen and oxygen atoms in total. The van der Waals surface area contributed by atoms with Gasteiger partial charge in [0, 0.05) is 18.1 Å². The molecule has 3 fully saturated rings. The standard InChI is InChI=1S/C24H38O12/c1-12(26)5-6-15-22(2,3)7-13(27)8-23(15,4)36-20-18(30)17(29)16(28)14(35-20)9-33-21-19(31)24(32,10-25)11-34-21/h5,13-14,16-21,25,27-32H,7-11H2,1-4H3/t6?,13-,14+,16+,17-,18+,19-,20-,21+,23+,24+/m0/s1. The van der Waals surface area contributed by atoms with Crippen LogP contribution in [0.25, 0.3) is 0 Å². The van der Waals surface area contributed by atoms with Crippen LogP contribution in [0.5, 0.6) is 0 Å². The SMILES string of the molecule is CC(=O)C=C=C1C(C)(C)C[C@H](O)C[C@@]1(C)O[C@@H]1O[C@H](CO[C@@H]2OC[C@](O)(CO)[C@H]2O)[C@@H](O)[C@H](O)[C@H]1O. The highest BCUT2D eigenvalue weighted by Crippen LogP contribution is 2.48. The first-order valence-corrected chi connectivity index (χ1v) is 11.9. The fraction of sp³-hybridized carbons (Fsp3) is 0.833. The molecule has 12 heteroatoms. The summed E-state index contributed by atoms with van der Waals surface area (Å²) in [6.07, 6.45) is -9.58. The maximum absolute atomic E-state index is 11.6. The molecule has 2 heterocycles. The Balaban J connectivity index is 1.79. The van der Waals surface area contributed by atoms with Crippen molar-refractivity contribution in [1.82, 2.24) is 0 Å². The fourth-order valence-electron chi connectivity index (χ4n) is 5.19. The molecule has 7 N–H and O–H groups in total. The molecule has 3 rings (SSSR count). The van der Waals surface area contributed by atoms with Crippen LogP contribution in [0, 0.1) is 5.41 Å². The molecule has 0 radical (unpaired) electrons. The minimum atomic E-state index is -1.91. The molecule has 2 saturated heterocycles. The van der Waals surface area contributed by atoms with E-state index >= 15 is 0 Å². The third-order valence-corrected chi connectivity index (χ3v) is 7.05. The molecule has 2 aliphatic heterocycles. The first-order valence-electron chi connectivity index (χ1n) is 11.9. The number of ether oxygens (including phenoxy) is 4. The minimum Gasteiger partial charge on any atom is -0.393 e. The number of carbonyl (C=O) groups excluding carboxylic acids is 1. The Morgan fingerprint density at radius 2 is 1.75 bits per heavy atom. The average molecular weight is 519 g/mol. The summed E-state index contributed by atoms with van der Waals surface area (Å²) >= 11 is 0. The molecule has 1 aliphatic carbocycles. The van der Waals surface area contributed by atoms with Crippen LogP contribution in [0.4, 0.5) is 0 Å². The van der Waals surface area contributed by atoms with Crippen LogP contribution in [0.1, 0.15) is 40.5 Å². The quantitative estimate of drug-likeness (QED) is 0.143. The molecule has 0 aromatic carbocycles. The number of rotatable bonds is 7. The molecule has 0 aromatic heterocycles. The predicted octanol–water partition coefficient (Wildman–Crippen LogP) is -2.12. The lowest BCUT2D eigenvalue weighted by molar-refractivity contribution is -0.331. The second-order valence-corrected chi connectivity index (χ2v) is 10.8. The van der Waals surface area contributed by atoms with Crippen LogP contribution in [-0.4, -0.2) is 122 Å². The largest absolute Gasteiger partial charge is 0.393 e. The van der Waals surface area contributed by atoms with Crippen molar-refractivity contribution < 1.29 is 59.5 Å². The monoisotopic (exact) mass is 518 g/mol. The van der Waals surface area contributed by atoms with Gasteiger partial charge in [0.1, 0.15) is 36.1 Å². The number of ketones is 1. The second-order valence-electron chi connectivity index (χ2n) is 10.8. The molecule has 36 heavy (non-hydrogen) atoms. The lowest BCUT2D eigenvalue weighted by Crippen LogP contribution is -2.62. The van der Waals surface area contributed by atoms with Crippen molar-refractivity contribution in [3.63, 3.8) is 0 Å². The highest BCUT2D eigenvalue weighted by molar-refractivity contribution is 5.87. The van der Waals surface area contributed by atoms with E-state index in [1.54, 1.807) is 6.92 Å². The average Bonchev–Trinajstić information content (AvgIpc) is 3.06. The van der Waals surface area contributed by atoms with Gasteiger partial charge in [0.15, 0.2) is 18.4 Å². The van der Waals surface area contributed by atoms with Gasteiger partial charge in [-0.15, -0.1) is 5.73 Å². The Morgan fingerprint density at radius 1 is 1.08 bits per heavy atom. The summed E-state index contributed by atoms with van der Waals surface area (Å²) in [5.74, 6) is -0.235. The van der Waals surface area contributed by atoms with E-state index in [4.69, 9.17) is 18.9 Å². The molecule has 1 saturated carbocycles. The number of hydrogen-bond donors (Lipinski definition) is 7. The van der Waals surface area contributed by atoms with E-state index in [-0.39, 0.29) is 18.8 Å². The highest BCUT2D eigenvalue weighted by Gasteiger charge is 2.53. The van der Waals surface area contributed by atoms with Crippen molar-refractivity contribution in [1.29, 1.82) is 0 Å². The third-order valence-electron chi connectivity index (χ3n) is 7.05. The van der Waals surface area contributed by atoms with Gasteiger partial charge in [0.25, 0.3) is 0 Å². The Labute approximate surface area is 209 Å². The molecule has 0 unspecified atom stereocenters. The van der Waals surface area contributed by atoms with Gasteiger partial charge in [-0.1, -0.05) is 13.8 Å². The minimum absolute atomic E-state index is 0.0960. The van der Waals surface area contributed by atoms with Crippen molar-refractivity contribution in [3.8, 4) is 0 Å². The summed E-state index contributed by atoms with van der Waals surface area (Å²) in [5, 5.41) is 71.6. The maximum atomic E-state index is 11.6. The summed E-state index contributed by atoms with van der Waals surface area (Å²) in [6, 6.07) is 0. The van der Waals surface area contributed by atoms with E-state index < -0.39 is 79.0 Å². The topological polar surface area (TPSA) is 196 Å². The van der Waals surface area contributed by atoms with E-state index in [0.717, 1.165) is 0 Å². The Hall–Kier alpha value is -1.25. The highest BCUT2D eigenvalue weighted by atomic mass is 16.7. The molecular weight excluding hydrogens is 480 g/mol. The molecule has 206 valence electrons. The Kier molecular flexibility index (Phi) is 8.84. The smallest absolute Gasteiger partial charge is 0.187 e. The molecule has 0 amide bonds. The summed E-state index contributed by atoms with van der Waals surface area (Å²) in [5.41, 5.74) is -0.245.